The highest BCUT2D eigenvalue weighted by Crippen LogP contribution is 2.23. The summed E-state index contributed by atoms with van der Waals surface area (Å²) in [4.78, 5) is 11.6. The molecule has 1 N–H and O–H groups in total. The summed E-state index contributed by atoms with van der Waals surface area (Å²) in [6.07, 6.45) is 0.446. The maximum absolute atomic E-state index is 13.7. The van der Waals surface area contributed by atoms with Crippen molar-refractivity contribution < 1.29 is 23.1 Å². The van der Waals surface area contributed by atoms with Gasteiger partial charge in [0.25, 0.3) is 0 Å². The van der Waals surface area contributed by atoms with Crippen molar-refractivity contribution in [3.05, 3.63) is 129 Å². The molecule has 0 amide bonds. The maximum atomic E-state index is 13.7. The summed E-state index contributed by atoms with van der Waals surface area (Å²) in [5, 5.41) is 10.7. The van der Waals surface area contributed by atoms with E-state index in [9.17, 15) is 18.3 Å². The fourth-order valence-electron chi connectivity index (χ4n) is 3.97. The summed E-state index contributed by atoms with van der Waals surface area (Å²) in [6, 6.07) is 26.1. The zero-order valence-corrected chi connectivity index (χ0v) is 25.5. The Labute approximate surface area is 252 Å². The van der Waals surface area contributed by atoms with Crippen molar-refractivity contribution in [2.24, 2.45) is 0 Å². The molecule has 0 bridgehead atoms. The van der Waals surface area contributed by atoms with E-state index in [1.807, 2.05) is 62.4 Å². The van der Waals surface area contributed by atoms with Gasteiger partial charge in [-0.25, -0.2) is 13.2 Å². The van der Waals surface area contributed by atoms with Gasteiger partial charge in [-0.05, 0) is 84.1 Å². The predicted molar refractivity (Wildman–Crippen MR) is 164 cm³/mol. The lowest BCUT2D eigenvalue weighted by Gasteiger charge is -2.23. The Bertz CT molecular complexity index is 1540. The number of nitrogens with zero attached hydrogens (tertiary/aromatic N) is 1. The number of carboxylic acid groups (broad SMARTS) is 1. The average molecular weight is 615 g/mol. The third-order valence-corrected chi connectivity index (χ3v) is 8.59. The first kappa shape index (κ1) is 32.2. The van der Waals surface area contributed by atoms with Gasteiger partial charge in [0.2, 0.25) is 10.0 Å². The molecule has 4 rings (SSSR count). The van der Waals surface area contributed by atoms with E-state index in [0.717, 1.165) is 16.7 Å². The number of aryl methyl sites for hydroxylation is 1. The first-order valence-corrected chi connectivity index (χ1v) is 15.4. The fraction of sp³-hybridized carbons (Fsp3) is 0.219. The highest BCUT2D eigenvalue weighted by Gasteiger charge is 2.26. The topological polar surface area (TPSA) is 83.9 Å². The van der Waals surface area contributed by atoms with Gasteiger partial charge in [0.15, 0.2) is 0 Å². The number of halogens is 2. The van der Waals surface area contributed by atoms with E-state index >= 15 is 0 Å². The normalized spacial score (nSPS) is 11.1. The van der Waals surface area contributed by atoms with Gasteiger partial charge in [-0.3, -0.25) is 0 Å². The maximum Gasteiger partial charge on any atom is 0.335 e. The van der Waals surface area contributed by atoms with Crippen LogP contribution in [0.25, 0.3) is 0 Å². The number of carboxylic acids is 1. The molecule has 0 aliphatic heterocycles. The van der Waals surface area contributed by atoms with Crippen molar-refractivity contribution in [1.29, 1.82) is 0 Å². The van der Waals surface area contributed by atoms with Crippen LogP contribution < -0.4 is 4.74 Å². The summed E-state index contributed by atoms with van der Waals surface area (Å²) in [5.41, 5.74) is 3.13. The van der Waals surface area contributed by atoms with Gasteiger partial charge >= 0.3 is 5.97 Å². The zero-order chi connectivity index (χ0) is 30.0. The number of carbonyl (C=O) groups is 1. The zero-order valence-electron chi connectivity index (χ0n) is 23.2. The second-order valence-electron chi connectivity index (χ2n) is 9.06. The fourth-order valence-corrected chi connectivity index (χ4v) is 5.68. The molecule has 0 aliphatic rings. The standard InChI is InChI=1S/C30H27Cl2NO5S.C2H6/c1-21-2-15-28(18-29(21)30(34)35)39(36,37)33(19-23-3-9-25(31)10-4-23)17-16-22-7-13-27(14-8-22)38-20-24-5-11-26(32)12-6-24;1-2/h2-15,18H,16-17,19-20H2,1H3,(H,34,35);1-2H3. The molecule has 0 saturated carbocycles. The van der Waals surface area contributed by atoms with Crippen LogP contribution >= 0.6 is 23.2 Å². The average Bonchev–Trinajstić information content (AvgIpc) is 2.97. The van der Waals surface area contributed by atoms with Gasteiger partial charge in [0.1, 0.15) is 12.4 Å². The molecule has 216 valence electrons. The van der Waals surface area contributed by atoms with Crippen LogP contribution in [0.5, 0.6) is 5.75 Å². The lowest BCUT2D eigenvalue weighted by Crippen LogP contribution is -2.32. The number of hydrogen-bond acceptors (Lipinski definition) is 4. The van der Waals surface area contributed by atoms with Gasteiger partial charge < -0.3 is 9.84 Å². The second-order valence-corrected chi connectivity index (χ2v) is 11.9. The largest absolute Gasteiger partial charge is 0.489 e. The van der Waals surface area contributed by atoms with Crippen LogP contribution in [0, 0.1) is 6.92 Å². The number of benzene rings is 4. The molecule has 0 aliphatic carbocycles. The first-order valence-electron chi connectivity index (χ1n) is 13.2. The Kier molecular flexibility index (Phi) is 11.8. The highest BCUT2D eigenvalue weighted by molar-refractivity contribution is 7.89. The lowest BCUT2D eigenvalue weighted by atomic mass is 10.1. The van der Waals surface area contributed by atoms with Crippen molar-refractivity contribution in [2.75, 3.05) is 6.54 Å². The van der Waals surface area contributed by atoms with Crippen molar-refractivity contribution in [2.45, 2.75) is 45.2 Å². The minimum absolute atomic E-state index is 0.0447. The van der Waals surface area contributed by atoms with E-state index in [-0.39, 0.29) is 23.5 Å². The molecule has 0 atom stereocenters. The molecule has 4 aromatic carbocycles. The molecule has 0 unspecified atom stereocenters. The van der Waals surface area contributed by atoms with Gasteiger partial charge in [0, 0.05) is 23.1 Å². The smallest absolute Gasteiger partial charge is 0.335 e. The molecular formula is C32H33Cl2NO5S. The van der Waals surface area contributed by atoms with Crippen LogP contribution in [0.1, 0.15) is 46.5 Å². The van der Waals surface area contributed by atoms with Crippen molar-refractivity contribution in [1.82, 2.24) is 4.31 Å². The minimum atomic E-state index is -4.00. The Morgan fingerprint density at radius 3 is 1.90 bits per heavy atom. The van der Waals surface area contributed by atoms with E-state index in [4.69, 9.17) is 27.9 Å². The van der Waals surface area contributed by atoms with Crippen LogP contribution in [0.3, 0.4) is 0 Å². The summed E-state index contributed by atoms with van der Waals surface area (Å²) in [6.45, 7) is 6.33. The number of sulfonamides is 1. The number of ether oxygens (including phenoxy) is 1. The van der Waals surface area contributed by atoms with Crippen molar-refractivity contribution in [3.63, 3.8) is 0 Å². The van der Waals surface area contributed by atoms with Gasteiger partial charge in [-0.2, -0.15) is 4.31 Å². The van der Waals surface area contributed by atoms with E-state index in [1.165, 1.54) is 22.5 Å². The number of rotatable bonds is 11. The molecule has 6 nitrogen and oxygen atoms in total. The van der Waals surface area contributed by atoms with E-state index in [0.29, 0.717) is 34.4 Å². The van der Waals surface area contributed by atoms with Crippen LogP contribution in [0.15, 0.2) is 95.9 Å². The third-order valence-electron chi connectivity index (χ3n) is 6.24. The monoisotopic (exact) mass is 613 g/mol. The molecule has 0 fully saturated rings. The molecule has 0 saturated heterocycles. The quantitative estimate of drug-likeness (QED) is 0.185. The molecule has 0 aromatic heterocycles. The molecule has 9 heteroatoms. The Balaban J connectivity index is 0.00000226. The van der Waals surface area contributed by atoms with Crippen molar-refractivity contribution >= 4 is 39.2 Å². The highest BCUT2D eigenvalue weighted by atomic mass is 35.5. The van der Waals surface area contributed by atoms with Gasteiger partial charge in [0.05, 0.1) is 10.5 Å². The second kappa shape index (κ2) is 15.0. The van der Waals surface area contributed by atoms with Crippen molar-refractivity contribution in [3.8, 4) is 5.75 Å². The minimum Gasteiger partial charge on any atom is -0.489 e. The molecule has 4 aromatic rings. The Morgan fingerprint density at radius 1 is 0.805 bits per heavy atom. The summed E-state index contributed by atoms with van der Waals surface area (Å²) in [5.74, 6) is -0.479. The SMILES string of the molecule is CC.Cc1ccc(S(=O)(=O)N(CCc2ccc(OCc3ccc(Cl)cc3)cc2)Cc2ccc(Cl)cc2)cc1C(=O)O. The van der Waals surface area contributed by atoms with Gasteiger partial charge in [-0.15, -0.1) is 0 Å². The number of aromatic carboxylic acids is 1. The lowest BCUT2D eigenvalue weighted by molar-refractivity contribution is 0.0696. The predicted octanol–water partition coefficient (Wildman–Crippen LogP) is 8.04. The Hall–Kier alpha value is -3.36. The molecule has 41 heavy (non-hydrogen) atoms. The molecular weight excluding hydrogens is 581 g/mol. The Morgan fingerprint density at radius 2 is 1.34 bits per heavy atom. The van der Waals surface area contributed by atoms with Crippen LogP contribution in [-0.2, 0) is 29.6 Å². The van der Waals surface area contributed by atoms with E-state index in [2.05, 4.69) is 0 Å². The first-order chi connectivity index (χ1) is 19.6. The summed E-state index contributed by atoms with van der Waals surface area (Å²) < 4.78 is 34.6. The van der Waals surface area contributed by atoms with Crippen LogP contribution in [-0.4, -0.2) is 30.3 Å². The van der Waals surface area contributed by atoms with Crippen LogP contribution in [0.2, 0.25) is 10.0 Å². The van der Waals surface area contributed by atoms with E-state index in [1.54, 1.807) is 31.2 Å². The number of hydrogen-bond donors (Lipinski definition) is 1. The molecule has 0 spiro atoms. The summed E-state index contributed by atoms with van der Waals surface area (Å²) >= 11 is 11.9. The van der Waals surface area contributed by atoms with E-state index < -0.39 is 16.0 Å². The third kappa shape index (κ3) is 9.07. The molecule has 0 radical (unpaired) electrons. The van der Waals surface area contributed by atoms with Gasteiger partial charge in [-0.1, -0.05) is 79.5 Å². The van der Waals surface area contributed by atoms with Crippen LogP contribution in [0.4, 0.5) is 0 Å². The molecule has 0 heterocycles. The summed E-state index contributed by atoms with van der Waals surface area (Å²) in [7, 11) is -4.00.